The van der Waals surface area contributed by atoms with Gasteiger partial charge in [-0.15, -0.1) is 11.3 Å². The van der Waals surface area contributed by atoms with Crippen LogP contribution in [0.15, 0.2) is 11.4 Å². The second kappa shape index (κ2) is 5.32. The van der Waals surface area contributed by atoms with E-state index in [4.69, 9.17) is 9.47 Å². The van der Waals surface area contributed by atoms with Crippen LogP contribution in [0.4, 0.5) is 5.69 Å². The van der Waals surface area contributed by atoms with Crippen molar-refractivity contribution in [3.63, 3.8) is 0 Å². The molecule has 1 aliphatic rings. The predicted molar refractivity (Wildman–Crippen MR) is 63.1 cm³/mol. The molecule has 0 amide bonds. The average molecular weight is 241 g/mol. The summed E-state index contributed by atoms with van der Waals surface area (Å²) in [6.45, 7) is 1.54. The van der Waals surface area contributed by atoms with Gasteiger partial charge in [0.2, 0.25) is 0 Å². The van der Waals surface area contributed by atoms with Gasteiger partial charge < -0.3 is 14.8 Å². The number of carbonyl (C=O) groups excluding carboxylic acids is 1. The summed E-state index contributed by atoms with van der Waals surface area (Å²) >= 11 is 1.39. The molecule has 16 heavy (non-hydrogen) atoms. The summed E-state index contributed by atoms with van der Waals surface area (Å²) in [7, 11) is 1.40. The number of hydrogen-bond acceptors (Lipinski definition) is 5. The molecule has 1 fully saturated rings. The molecule has 1 aromatic heterocycles. The second-order valence-electron chi connectivity index (χ2n) is 3.71. The summed E-state index contributed by atoms with van der Waals surface area (Å²) < 4.78 is 10.1. The van der Waals surface area contributed by atoms with E-state index in [-0.39, 0.29) is 5.97 Å². The molecule has 0 radical (unpaired) electrons. The summed E-state index contributed by atoms with van der Waals surface area (Å²) in [6.07, 6.45) is 2.14. The molecule has 1 unspecified atom stereocenters. The van der Waals surface area contributed by atoms with Crippen molar-refractivity contribution in [2.75, 3.05) is 25.6 Å². The Morgan fingerprint density at radius 3 is 3.25 bits per heavy atom. The van der Waals surface area contributed by atoms with Gasteiger partial charge in [0, 0.05) is 12.6 Å². The van der Waals surface area contributed by atoms with Crippen LogP contribution < -0.4 is 5.32 Å². The fourth-order valence-corrected chi connectivity index (χ4v) is 2.52. The van der Waals surface area contributed by atoms with Gasteiger partial charge in [-0.05, 0) is 24.3 Å². The van der Waals surface area contributed by atoms with E-state index in [0.29, 0.717) is 17.5 Å². The number of rotatable bonds is 3. The number of anilines is 1. The van der Waals surface area contributed by atoms with Crippen molar-refractivity contribution in [1.29, 1.82) is 0 Å². The predicted octanol–water partition coefficient (Wildman–Crippen LogP) is 2.13. The highest BCUT2D eigenvalue weighted by Crippen LogP contribution is 2.25. The smallest absolute Gasteiger partial charge is 0.350 e. The Bertz CT molecular complexity index is 358. The lowest BCUT2D eigenvalue weighted by molar-refractivity contribution is 0.0606. The molecular formula is C11H15NO3S. The highest BCUT2D eigenvalue weighted by atomic mass is 32.1. The fourth-order valence-electron chi connectivity index (χ4n) is 1.75. The van der Waals surface area contributed by atoms with Crippen molar-refractivity contribution in [3.8, 4) is 0 Å². The van der Waals surface area contributed by atoms with E-state index < -0.39 is 0 Å². The summed E-state index contributed by atoms with van der Waals surface area (Å²) in [5.74, 6) is -0.283. The highest BCUT2D eigenvalue weighted by molar-refractivity contribution is 7.12. The van der Waals surface area contributed by atoms with E-state index in [1.807, 2.05) is 11.4 Å². The van der Waals surface area contributed by atoms with Crippen molar-refractivity contribution in [2.45, 2.75) is 18.9 Å². The van der Waals surface area contributed by atoms with Crippen LogP contribution >= 0.6 is 11.3 Å². The first-order valence-corrected chi connectivity index (χ1v) is 6.19. The lowest BCUT2D eigenvalue weighted by atomic mass is 10.1. The summed E-state index contributed by atoms with van der Waals surface area (Å²) in [5.41, 5.74) is 0.854. The van der Waals surface area contributed by atoms with Gasteiger partial charge in [0.05, 0.1) is 19.4 Å². The van der Waals surface area contributed by atoms with E-state index in [9.17, 15) is 4.79 Å². The standard InChI is InChI=1S/C11H15NO3S/c1-14-11(13)10-9(4-6-16-10)12-8-3-2-5-15-7-8/h4,6,8,12H,2-3,5,7H2,1H3. The molecule has 1 saturated heterocycles. The van der Waals surface area contributed by atoms with E-state index in [0.717, 1.165) is 25.1 Å². The van der Waals surface area contributed by atoms with Gasteiger partial charge in [0.15, 0.2) is 0 Å². The van der Waals surface area contributed by atoms with Gasteiger partial charge in [-0.25, -0.2) is 4.79 Å². The van der Waals surface area contributed by atoms with E-state index >= 15 is 0 Å². The third-order valence-corrected chi connectivity index (χ3v) is 3.45. The van der Waals surface area contributed by atoms with Gasteiger partial charge in [-0.2, -0.15) is 0 Å². The van der Waals surface area contributed by atoms with Crippen molar-refractivity contribution < 1.29 is 14.3 Å². The van der Waals surface area contributed by atoms with Gasteiger partial charge in [-0.3, -0.25) is 0 Å². The van der Waals surface area contributed by atoms with Crippen LogP contribution in [0.1, 0.15) is 22.5 Å². The summed E-state index contributed by atoms with van der Waals surface area (Å²) in [5, 5.41) is 5.22. The Morgan fingerprint density at radius 2 is 2.56 bits per heavy atom. The third-order valence-electron chi connectivity index (χ3n) is 2.56. The fraction of sp³-hybridized carbons (Fsp3) is 0.545. The quantitative estimate of drug-likeness (QED) is 0.823. The Balaban J connectivity index is 2.03. The molecule has 1 atom stereocenters. The normalized spacial score (nSPS) is 20.4. The largest absolute Gasteiger partial charge is 0.465 e. The highest BCUT2D eigenvalue weighted by Gasteiger charge is 2.18. The Kier molecular flexibility index (Phi) is 3.79. The van der Waals surface area contributed by atoms with Crippen LogP contribution in [-0.2, 0) is 9.47 Å². The Hall–Kier alpha value is -1.07. The molecule has 0 aromatic carbocycles. The van der Waals surface area contributed by atoms with E-state index in [1.54, 1.807) is 0 Å². The molecular weight excluding hydrogens is 226 g/mol. The van der Waals surface area contributed by atoms with Crippen molar-refractivity contribution in [2.24, 2.45) is 0 Å². The molecule has 2 rings (SSSR count). The SMILES string of the molecule is COC(=O)c1sccc1NC1CCCOC1. The topological polar surface area (TPSA) is 47.6 Å². The summed E-state index contributed by atoms with van der Waals surface area (Å²) in [4.78, 5) is 12.1. The third kappa shape index (κ3) is 2.54. The molecule has 0 spiro atoms. The van der Waals surface area contributed by atoms with Gasteiger partial charge in [0.1, 0.15) is 4.88 Å². The van der Waals surface area contributed by atoms with Crippen LogP contribution in [0, 0.1) is 0 Å². The molecule has 1 N–H and O–H groups in total. The van der Waals surface area contributed by atoms with Crippen LogP contribution in [0.3, 0.4) is 0 Å². The van der Waals surface area contributed by atoms with Crippen LogP contribution in [0.5, 0.6) is 0 Å². The average Bonchev–Trinajstić information content (AvgIpc) is 2.77. The minimum absolute atomic E-state index is 0.283. The molecule has 1 aromatic rings. The first kappa shape index (κ1) is 11.4. The lowest BCUT2D eigenvalue weighted by Crippen LogP contribution is -2.30. The van der Waals surface area contributed by atoms with Crippen LogP contribution in [0.25, 0.3) is 0 Å². The number of nitrogens with one attached hydrogen (secondary N) is 1. The molecule has 88 valence electrons. The van der Waals surface area contributed by atoms with Crippen molar-refractivity contribution >= 4 is 23.0 Å². The zero-order valence-corrected chi connectivity index (χ0v) is 10.0. The second-order valence-corrected chi connectivity index (χ2v) is 4.63. The number of thiophene rings is 1. The lowest BCUT2D eigenvalue weighted by Gasteiger charge is -2.23. The monoisotopic (exact) mass is 241 g/mol. The maximum absolute atomic E-state index is 11.5. The number of hydrogen-bond donors (Lipinski definition) is 1. The zero-order valence-electron chi connectivity index (χ0n) is 9.19. The Morgan fingerprint density at radius 1 is 1.69 bits per heavy atom. The number of esters is 1. The first-order valence-electron chi connectivity index (χ1n) is 5.31. The maximum Gasteiger partial charge on any atom is 0.350 e. The minimum atomic E-state index is -0.283. The summed E-state index contributed by atoms with van der Waals surface area (Å²) in [6, 6.07) is 2.21. The van der Waals surface area contributed by atoms with Crippen LogP contribution in [-0.4, -0.2) is 32.3 Å². The number of carbonyl (C=O) groups is 1. The van der Waals surface area contributed by atoms with Crippen molar-refractivity contribution in [1.82, 2.24) is 0 Å². The van der Waals surface area contributed by atoms with Gasteiger partial charge in [0.25, 0.3) is 0 Å². The molecule has 0 aliphatic carbocycles. The number of ether oxygens (including phenoxy) is 2. The molecule has 0 bridgehead atoms. The molecule has 2 heterocycles. The number of methoxy groups -OCH3 is 1. The van der Waals surface area contributed by atoms with E-state index in [1.165, 1.54) is 18.4 Å². The molecule has 4 nitrogen and oxygen atoms in total. The molecule has 0 saturated carbocycles. The minimum Gasteiger partial charge on any atom is -0.465 e. The maximum atomic E-state index is 11.5. The Labute approximate surface area is 98.6 Å². The van der Waals surface area contributed by atoms with Crippen LogP contribution in [0.2, 0.25) is 0 Å². The molecule has 5 heteroatoms. The molecule has 1 aliphatic heterocycles. The zero-order chi connectivity index (χ0) is 11.4. The first-order chi connectivity index (χ1) is 7.81. The van der Waals surface area contributed by atoms with Gasteiger partial charge >= 0.3 is 5.97 Å². The van der Waals surface area contributed by atoms with Crippen molar-refractivity contribution in [3.05, 3.63) is 16.3 Å². The van der Waals surface area contributed by atoms with E-state index in [2.05, 4.69) is 5.32 Å². The van der Waals surface area contributed by atoms with Gasteiger partial charge in [-0.1, -0.05) is 0 Å².